The van der Waals surface area contributed by atoms with Crippen LogP contribution >= 0.6 is 11.6 Å². The first kappa shape index (κ1) is 12.2. The predicted octanol–water partition coefficient (Wildman–Crippen LogP) is 3.26. The molecule has 0 aliphatic heterocycles. The Balaban J connectivity index is 2.12. The molecule has 0 N–H and O–H groups in total. The summed E-state index contributed by atoms with van der Waals surface area (Å²) in [5.41, 5.74) is 1.40. The Morgan fingerprint density at radius 1 is 1.42 bits per heavy atom. The lowest BCUT2D eigenvalue weighted by Crippen LogP contribution is -2.04. The van der Waals surface area contributed by atoms with Gasteiger partial charge in [0.2, 0.25) is 5.89 Å². The number of nitrogens with zero attached hydrogens (tertiary/aromatic N) is 3. The standard InChI is InChI=1S/C13H11ClFN3O/c1-8-6-16-13(19-8)7-18-11-4-9(15)2-3-10(11)17-12(18)5-14/h2-4,6H,5,7H2,1H3. The second-order valence-corrected chi connectivity index (χ2v) is 4.51. The molecule has 0 aliphatic carbocycles. The van der Waals surface area contributed by atoms with E-state index in [1.807, 2.05) is 11.5 Å². The SMILES string of the molecule is Cc1cnc(Cn2c(CCl)nc3ccc(F)cc32)o1. The quantitative estimate of drug-likeness (QED) is 0.691. The molecule has 0 fully saturated rings. The molecule has 0 aliphatic rings. The molecular weight excluding hydrogens is 269 g/mol. The number of hydrogen-bond donors (Lipinski definition) is 0. The fourth-order valence-electron chi connectivity index (χ4n) is 2.03. The van der Waals surface area contributed by atoms with Gasteiger partial charge in [-0.15, -0.1) is 11.6 Å². The van der Waals surface area contributed by atoms with Gasteiger partial charge in [0, 0.05) is 0 Å². The molecule has 1 aromatic carbocycles. The third-order valence-electron chi connectivity index (χ3n) is 2.87. The van der Waals surface area contributed by atoms with E-state index in [0.29, 0.717) is 29.3 Å². The maximum atomic E-state index is 13.4. The highest BCUT2D eigenvalue weighted by Crippen LogP contribution is 2.20. The molecule has 0 saturated carbocycles. The monoisotopic (exact) mass is 279 g/mol. The van der Waals surface area contributed by atoms with Crippen molar-refractivity contribution >= 4 is 22.6 Å². The zero-order valence-corrected chi connectivity index (χ0v) is 11.0. The van der Waals surface area contributed by atoms with Crippen molar-refractivity contribution in [2.24, 2.45) is 0 Å². The van der Waals surface area contributed by atoms with Crippen molar-refractivity contribution in [1.29, 1.82) is 0 Å². The smallest absolute Gasteiger partial charge is 0.214 e. The lowest BCUT2D eigenvalue weighted by molar-refractivity contribution is 0.457. The number of fused-ring (bicyclic) bond motifs is 1. The predicted molar refractivity (Wildman–Crippen MR) is 69.6 cm³/mol. The molecule has 0 saturated heterocycles. The Morgan fingerprint density at radius 3 is 2.95 bits per heavy atom. The summed E-state index contributed by atoms with van der Waals surface area (Å²) in [6, 6.07) is 4.46. The van der Waals surface area contributed by atoms with Crippen LogP contribution in [0.2, 0.25) is 0 Å². The van der Waals surface area contributed by atoms with Crippen LogP contribution < -0.4 is 0 Å². The molecule has 0 atom stereocenters. The largest absolute Gasteiger partial charge is 0.444 e. The number of halogens is 2. The summed E-state index contributed by atoms with van der Waals surface area (Å²) >= 11 is 5.89. The van der Waals surface area contributed by atoms with Gasteiger partial charge in [-0.05, 0) is 25.1 Å². The van der Waals surface area contributed by atoms with E-state index in [2.05, 4.69) is 9.97 Å². The molecular formula is C13H11ClFN3O. The number of rotatable bonds is 3. The lowest BCUT2D eigenvalue weighted by Gasteiger charge is -2.04. The van der Waals surface area contributed by atoms with Gasteiger partial charge in [-0.25, -0.2) is 14.4 Å². The number of imidazole rings is 1. The molecule has 0 bridgehead atoms. The highest BCUT2D eigenvalue weighted by molar-refractivity contribution is 6.16. The van der Waals surface area contributed by atoms with Crippen molar-refractivity contribution in [3.05, 3.63) is 47.7 Å². The third kappa shape index (κ3) is 2.21. The van der Waals surface area contributed by atoms with Crippen LogP contribution in [0.4, 0.5) is 4.39 Å². The fraction of sp³-hybridized carbons (Fsp3) is 0.231. The number of benzene rings is 1. The van der Waals surface area contributed by atoms with Gasteiger partial charge in [-0.2, -0.15) is 0 Å². The van der Waals surface area contributed by atoms with Gasteiger partial charge in [0.15, 0.2) is 0 Å². The van der Waals surface area contributed by atoms with E-state index in [9.17, 15) is 4.39 Å². The normalized spacial score (nSPS) is 11.3. The first-order valence-electron chi connectivity index (χ1n) is 5.79. The van der Waals surface area contributed by atoms with Crippen molar-refractivity contribution in [3.63, 3.8) is 0 Å². The zero-order valence-electron chi connectivity index (χ0n) is 10.2. The Morgan fingerprint density at radius 2 is 2.26 bits per heavy atom. The summed E-state index contributed by atoms with van der Waals surface area (Å²) in [5, 5.41) is 0. The van der Waals surface area contributed by atoms with Crippen LogP contribution in [0, 0.1) is 12.7 Å². The van der Waals surface area contributed by atoms with Gasteiger partial charge in [0.05, 0.1) is 23.1 Å². The third-order valence-corrected chi connectivity index (χ3v) is 3.11. The molecule has 4 nitrogen and oxygen atoms in total. The minimum Gasteiger partial charge on any atom is -0.444 e. The molecule has 98 valence electrons. The fourth-order valence-corrected chi connectivity index (χ4v) is 2.24. The molecule has 3 aromatic rings. The number of oxazole rings is 1. The van der Waals surface area contributed by atoms with Gasteiger partial charge in [0.25, 0.3) is 0 Å². The van der Waals surface area contributed by atoms with Gasteiger partial charge < -0.3 is 8.98 Å². The van der Waals surface area contributed by atoms with E-state index < -0.39 is 0 Å². The molecule has 0 spiro atoms. The van der Waals surface area contributed by atoms with Crippen molar-refractivity contribution in [3.8, 4) is 0 Å². The maximum Gasteiger partial charge on any atom is 0.214 e. The molecule has 0 unspecified atom stereocenters. The highest BCUT2D eigenvalue weighted by atomic mass is 35.5. The van der Waals surface area contributed by atoms with Crippen LogP contribution in [-0.2, 0) is 12.4 Å². The summed E-state index contributed by atoms with van der Waals surface area (Å²) in [4.78, 5) is 8.51. The summed E-state index contributed by atoms with van der Waals surface area (Å²) in [5.74, 6) is 1.89. The summed E-state index contributed by atoms with van der Waals surface area (Å²) in [6.45, 7) is 2.21. The Hall–Kier alpha value is -1.88. The average Bonchev–Trinajstić information content (AvgIpc) is 2.94. The summed E-state index contributed by atoms with van der Waals surface area (Å²) in [6.07, 6.45) is 1.65. The summed E-state index contributed by atoms with van der Waals surface area (Å²) < 4.78 is 20.6. The van der Waals surface area contributed by atoms with Crippen LogP contribution in [0.5, 0.6) is 0 Å². The van der Waals surface area contributed by atoms with Gasteiger partial charge >= 0.3 is 0 Å². The van der Waals surface area contributed by atoms with Crippen LogP contribution in [0.25, 0.3) is 11.0 Å². The van der Waals surface area contributed by atoms with Crippen molar-refractivity contribution in [2.45, 2.75) is 19.3 Å². The Bertz CT molecular complexity index is 735. The van der Waals surface area contributed by atoms with Crippen molar-refractivity contribution in [2.75, 3.05) is 0 Å². The molecule has 6 heteroatoms. The van der Waals surface area contributed by atoms with Crippen LogP contribution in [0.15, 0.2) is 28.8 Å². The molecule has 2 aromatic heterocycles. The van der Waals surface area contributed by atoms with E-state index in [0.717, 1.165) is 5.76 Å². The summed E-state index contributed by atoms with van der Waals surface area (Å²) in [7, 11) is 0. The van der Waals surface area contributed by atoms with Crippen LogP contribution in [0.1, 0.15) is 17.5 Å². The van der Waals surface area contributed by atoms with E-state index >= 15 is 0 Å². The van der Waals surface area contributed by atoms with Crippen LogP contribution in [-0.4, -0.2) is 14.5 Å². The number of hydrogen-bond acceptors (Lipinski definition) is 3. The van der Waals surface area contributed by atoms with Crippen LogP contribution in [0.3, 0.4) is 0 Å². The van der Waals surface area contributed by atoms with Crippen molar-refractivity contribution in [1.82, 2.24) is 14.5 Å². The lowest BCUT2D eigenvalue weighted by atomic mass is 10.3. The highest BCUT2D eigenvalue weighted by Gasteiger charge is 2.13. The van der Waals surface area contributed by atoms with E-state index in [-0.39, 0.29) is 11.7 Å². The molecule has 2 heterocycles. The van der Waals surface area contributed by atoms with Gasteiger partial charge in [0.1, 0.15) is 23.9 Å². The van der Waals surface area contributed by atoms with Gasteiger partial charge in [-0.1, -0.05) is 0 Å². The Kier molecular flexibility index (Phi) is 2.98. The second-order valence-electron chi connectivity index (χ2n) is 4.25. The maximum absolute atomic E-state index is 13.4. The molecule has 19 heavy (non-hydrogen) atoms. The number of alkyl halides is 1. The number of aromatic nitrogens is 3. The minimum atomic E-state index is -0.307. The second kappa shape index (κ2) is 4.66. The zero-order chi connectivity index (χ0) is 13.4. The topological polar surface area (TPSA) is 43.9 Å². The van der Waals surface area contributed by atoms with Crippen molar-refractivity contribution < 1.29 is 8.81 Å². The first-order chi connectivity index (χ1) is 9.17. The van der Waals surface area contributed by atoms with E-state index in [4.69, 9.17) is 16.0 Å². The molecule has 3 rings (SSSR count). The minimum absolute atomic E-state index is 0.246. The average molecular weight is 280 g/mol. The number of aryl methyl sites for hydroxylation is 1. The molecule has 0 radical (unpaired) electrons. The van der Waals surface area contributed by atoms with Gasteiger partial charge in [-0.3, -0.25) is 0 Å². The first-order valence-corrected chi connectivity index (χ1v) is 6.33. The molecule has 0 amide bonds. The van der Waals surface area contributed by atoms with E-state index in [1.54, 1.807) is 12.3 Å². The van der Waals surface area contributed by atoms with E-state index in [1.165, 1.54) is 12.1 Å². The Labute approximate surface area is 113 Å².